The van der Waals surface area contributed by atoms with E-state index >= 15 is 0 Å². The lowest BCUT2D eigenvalue weighted by molar-refractivity contribution is -0.0501. The van der Waals surface area contributed by atoms with Gasteiger partial charge in [-0.05, 0) is 105 Å². The molecule has 0 unspecified atom stereocenters. The number of amides is 4. The number of alkyl halides is 8. The van der Waals surface area contributed by atoms with Crippen LogP contribution in [0.15, 0.2) is 244 Å². The van der Waals surface area contributed by atoms with E-state index in [-0.39, 0.29) is 179 Å². The monoisotopic (exact) mass is 2130 g/mol. The molecule has 149 heavy (non-hydrogen) atoms. The summed E-state index contributed by atoms with van der Waals surface area (Å²) in [7, 11) is -9.10. The molecule has 15 heterocycles. The molecular weight excluding hydrogens is 2050 g/mol. The number of anilines is 5. The van der Waals surface area contributed by atoms with E-state index in [9.17, 15) is 88.0 Å². The first-order valence-corrected chi connectivity index (χ1v) is 50.0. The van der Waals surface area contributed by atoms with Gasteiger partial charge in [0, 0.05) is 150 Å². The van der Waals surface area contributed by atoms with E-state index in [0.717, 1.165) is 36.4 Å². The van der Waals surface area contributed by atoms with Crippen molar-refractivity contribution >= 4 is 114 Å². The Kier molecular flexibility index (Phi) is 29.5. The molecule has 0 saturated heterocycles. The van der Waals surface area contributed by atoms with E-state index in [1.807, 2.05) is 6.07 Å². The summed E-state index contributed by atoms with van der Waals surface area (Å²) in [5.41, 5.74) is 7.68. The van der Waals surface area contributed by atoms with E-state index in [4.69, 9.17) is 11.0 Å². The van der Waals surface area contributed by atoms with Crippen LogP contribution in [0, 0.1) is 11.3 Å². The molecule has 4 aromatic carbocycles. The Hall–Kier alpha value is -17.8. The zero-order chi connectivity index (χ0) is 106. The number of carbonyl (C=O) groups excluding carboxylic acids is 4. The van der Waals surface area contributed by atoms with Crippen LogP contribution in [0.4, 0.5) is 63.6 Å². The van der Waals surface area contributed by atoms with Crippen molar-refractivity contribution in [2.75, 3.05) is 59.0 Å². The van der Waals surface area contributed by atoms with Crippen LogP contribution in [0.2, 0.25) is 0 Å². The first-order valence-electron chi connectivity index (χ1n) is 43.8. The molecule has 4 amide bonds. The fourth-order valence-corrected chi connectivity index (χ4v) is 20.8. The van der Waals surface area contributed by atoms with Crippen molar-refractivity contribution in [1.82, 2.24) is 122 Å². The van der Waals surface area contributed by atoms with Gasteiger partial charge in [-0.25, -0.2) is 71.7 Å². The summed E-state index contributed by atoms with van der Waals surface area (Å²) in [6, 6.07) is 21.3. The Bertz CT molecular complexity index is 8710. The number of fused-ring (bicyclic) bond motifs is 5. The van der Waals surface area contributed by atoms with Crippen LogP contribution in [0.1, 0.15) is 54.3 Å². The number of halogens is 8. The maximum absolute atomic E-state index is 13.4. The molecule has 60 heteroatoms. The number of nitriles is 1. The minimum Gasteiger partial charge on any atom is -0.434 e. The predicted molar refractivity (Wildman–Crippen MR) is 509 cm³/mol. The molecule has 1 fully saturated rings. The van der Waals surface area contributed by atoms with E-state index < -0.39 is 94.7 Å². The van der Waals surface area contributed by atoms with Gasteiger partial charge in [-0.15, -0.1) is 0 Å². The molecule has 1 saturated carbocycles. The number of aromatic nitrogens is 24. The zero-order valence-corrected chi connectivity index (χ0v) is 80.7. The Balaban J connectivity index is 0.000000136. The van der Waals surface area contributed by atoms with Crippen LogP contribution in [0.3, 0.4) is 0 Å². The SMILES string of the molecule is CNCCn1cc(S(=O)(=O)c2ccc(OC(F)F)c(-c3nn(C)cc3NC(=O)c3cnn4cccnc34)c2)cn1.Cn1cc(NC(=O)c2cnn3cccnc23)c(-c2cc(S(=O)(=O)c3cnn(CCN)c3)ccc2OC(F)F)n1.Cn1cc(NC(=O)c2cnn3cccnc23)c(-c2cc3c(cc2OC(F)F)NCCS3(=O)=O)n1.N#CCn1cc(NC(=O)c2cnn3cccnc23)c(-c2cc(S(=O)(=O)C3CC3)ccc2OC(F)F)n1. The molecule has 8 N–H and O–H groups in total. The number of likely N-dealkylation sites (N-methyl/N-ethyl adjacent to an activating group) is 1. The van der Waals surface area contributed by atoms with Crippen LogP contribution in [0.25, 0.3) is 67.6 Å². The highest BCUT2D eigenvalue weighted by molar-refractivity contribution is 7.92. The first kappa shape index (κ1) is 103. The number of sulfone groups is 4. The van der Waals surface area contributed by atoms with Crippen molar-refractivity contribution < 1.29 is 107 Å². The molecule has 770 valence electrons. The van der Waals surface area contributed by atoms with Gasteiger partial charge >= 0.3 is 26.4 Å². The number of nitrogens with one attached hydrogen (secondary N) is 6. The molecule has 1 aliphatic carbocycles. The number of rotatable bonds is 32. The number of nitrogens with zero attached hydrogens (tertiary/aromatic N) is 25. The summed E-state index contributed by atoms with van der Waals surface area (Å²) in [6.45, 7) is -11.3. The summed E-state index contributed by atoms with van der Waals surface area (Å²) >= 11 is 0. The van der Waals surface area contributed by atoms with Gasteiger partial charge in [0.25, 0.3) is 23.6 Å². The molecule has 0 atom stereocenters. The third-order valence-corrected chi connectivity index (χ3v) is 29.5. The lowest BCUT2D eigenvalue weighted by Crippen LogP contribution is -2.23. The topological polar surface area (TPSA) is 591 Å². The first-order chi connectivity index (χ1) is 71.3. The van der Waals surface area contributed by atoms with Crippen LogP contribution in [-0.2, 0) is 80.1 Å². The van der Waals surface area contributed by atoms with Crippen molar-refractivity contribution in [3.63, 3.8) is 0 Å². The second-order valence-corrected chi connectivity index (χ2v) is 40.3. The van der Waals surface area contributed by atoms with Gasteiger partial charge in [-0.2, -0.15) is 91.4 Å². The number of hydrogen-bond donors (Lipinski definition) is 7. The molecular formula is C89H78F8N32O16S4. The average molecular weight is 2130 g/mol. The zero-order valence-electron chi connectivity index (χ0n) is 77.4. The van der Waals surface area contributed by atoms with Crippen molar-refractivity contribution in [1.29, 1.82) is 5.26 Å². The standard InChI is InChI=1S/C24H23F2N9O4S.C23H21F2N9O4S.C22H17F2N7O4S.C20H17F2N7O4S/c1-27-7-9-34-13-16(11-29-34)40(37,38)15-4-5-20(39-24(25)26)17(10-15)21-19(14-33(2)32-21)31-23(36)18-12-30-35-8-3-6-28-22(18)35;1-32-13-18(30-22(35)17-11-29-34-7-2-6-27-21(17)34)20(31-32)16-9-14(3-4-19(16)38-23(24)25)39(36,37)15-10-28-33(12-15)8-5-26;23-22(24)35-18-5-4-14(36(33,34)13-2-3-13)10-15(18)19-17(12-30(29-19)9-6-25)28-21(32)16-11-27-31-8-1-7-26-20(16)31;1-28-10-14(26-19(30)12-9-25-29-5-2-3-24-18(12)29)17(27-28)11-7-16-13(8-15(11)33-20(21)22)23-4-6-34(16,31)32/h3-6,8,10-14,24,27H,7,9H2,1-2H3,(H,31,36);2-4,6-7,9-13,23H,5,8,26H2,1H3,(H,30,35);1,4-5,7-8,10-13,22H,2-3,9H2,(H,28,32);2-3,5,7-10,20,23H,4,6H2,1H3,(H,26,30). The van der Waals surface area contributed by atoms with Crippen molar-refractivity contribution in [2.24, 2.45) is 26.9 Å². The predicted octanol–water partition coefficient (Wildman–Crippen LogP) is 9.29. The second-order valence-electron chi connectivity index (χ2n) is 32.1. The van der Waals surface area contributed by atoms with Gasteiger partial charge in [-0.3, -0.25) is 47.3 Å². The number of aryl methyl sites for hydroxylation is 3. The molecule has 14 aromatic heterocycles. The Morgan fingerprint density at radius 1 is 0.456 bits per heavy atom. The highest BCUT2D eigenvalue weighted by atomic mass is 32.2. The van der Waals surface area contributed by atoms with Crippen molar-refractivity contribution in [3.8, 4) is 74.1 Å². The number of hydrogen-bond acceptors (Lipinski definition) is 34. The maximum atomic E-state index is 13.4. The number of carbonyl (C=O) groups is 4. The summed E-state index contributed by atoms with van der Waals surface area (Å²) in [5.74, 6) is -3.81. The molecule has 0 bridgehead atoms. The van der Waals surface area contributed by atoms with Crippen LogP contribution in [0.5, 0.6) is 23.0 Å². The smallest absolute Gasteiger partial charge is 0.387 e. The fraction of sp³-hybridized carbons (Fsp3) is 0.202. The Labute approximate surface area is 834 Å². The maximum Gasteiger partial charge on any atom is 0.387 e. The number of ether oxygens (including phenoxy) is 4. The van der Waals surface area contributed by atoms with Crippen LogP contribution < -0.4 is 56.6 Å². The normalized spacial score (nSPS) is 12.9. The van der Waals surface area contributed by atoms with E-state index in [0.29, 0.717) is 49.4 Å². The number of benzene rings is 4. The van der Waals surface area contributed by atoms with Gasteiger partial charge in [-0.1, -0.05) is 0 Å². The summed E-state index contributed by atoms with van der Waals surface area (Å²) in [4.78, 5) is 68.1. The van der Waals surface area contributed by atoms with E-state index in [1.165, 1.54) is 176 Å². The highest BCUT2D eigenvalue weighted by Crippen LogP contribution is 2.46. The quantitative estimate of drug-likeness (QED) is 0.0193. The lowest BCUT2D eigenvalue weighted by Gasteiger charge is -2.21. The van der Waals surface area contributed by atoms with E-state index in [2.05, 4.69) is 122 Å². The molecule has 0 radical (unpaired) electrons. The Morgan fingerprint density at radius 3 is 1.18 bits per heavy atom. The molecule has 1 aliphatic heterocycles. The average Bonchev–Trinajstić information content (AvgIpc) is 1.75. The molecule has 48 nitrogen and oxygen atoms in total. The van der Waals surface area contributed by atoms with Gasteiger partial charge in [0.2, 0.25) is 19.7 Å². The summed E-state index contributed by atoms with van der Waals surface area (Å²) in [5, 5.41) is 66.6. The minimum atomic E-state index is -4.11. The molecule has 18 aromatic rings. The third-order valence-electron chi connectivity index (χ3n) is 22.1. The van der Waals surface area contributed by atoms with Gasteiger partial charge in [0.05, 0.1) is 122 Å². The summed E-state index contributed by atoms with van der Waals surface area (Å²) in [6.07, 6.45) is 29.6. The van der Waals surface area contributed by atoms with Crippen molar-refractivity contribution in [3.05, 3.63) is 237 Å². The number of nitrogens with two attached hydrogens (primary N) is 1. The molecule has 20 rings (SSSR count). The lowest BCUT2D eigenvalue weighted by atomic mass is 10.1. The summed E-state index contributed by atoms with van der Waals surface area (Å²) < 4.78 is 243. The molecule has 2 aliphatic rings. The largest absolute Gasteiger partial charge is 0.434 e. The Morgan fingerprint density at radius 2 is 0.812 bits per heavy atom. The second kappa shape index (κ2) is 42.8. The van der Waals surface area contributed by atoms with Crippen LogP contribution in [-0.4, -0.2) is 239 Å². The highest BCUT2D eigenvalue weighted by Gasteiger charge is 2.39. The fourth-order valence-electron chi connectivity index (χ4n) is 15.3. The van der Waals surface area contributed by atoms with Crippen LogP contribution >= 0.6 is 0 Å². The van der Waals surface area contributed by atoms with Crippen molar-refractivity contribution in [2.45, 2.75) is 93.5 Å². The van der Waals surface area contributed by atoms with Gasteiger partial charge in [0.15, 0.2) is 42.3 Å². The van der Waals surface area contributed by atoms with Gasteiger partial charge < -0.3 is 56.6 Å². The van der Waals surface area contributed by atoms with Gasteiger partial charge in [0.1, 0.15) is 84.4 Å². The third kappa shape index (κ3) is 22.4. The minimum absolute atomic E-state index is 0.00168. The van der Waals surface area contributed by atoms with E-state index in [1.54, 1.807) is 77.2 Å². The molecule has 0 spiro atoms.